The van der Waals surface area contributed by atoms with Gasteiger partial charge in [0, 0.05) is 15.4 Å². The molecule has 18 heavy (non-hydrogen) atoms. The number of fused-ring (bicyclic) bond motifs is 1. The zero-order valence-electron chi connectivity index (χ0n) is 9.54. The molecule has 0 unspecified atom stereocenters. The highest BCUT2D eigenvalue weighted by molar-refractivity contribution is 9.10. The Labute approximate surface area is 117 Å². The second-order valence-electron chi connectivity index (χ2n) is 4.02. The maximum Gasteiger partial charge on any atom is 0.161 e. The van der Waals surface area contributed by atoms with Crippen LogP contribution in [0.3, 0.4) is 0 Å². The third-order valence-electron chi connectivity index (χ3n) is 2.73. The molecule has 0 bridgehead atoms. The fourth-order valence-electron chi connectivity index (χ4n) is 1.88. The van der Waals surface area contributed by atoms with Gasteiger partial charge in [0.25, 0.3) is 0 Å². The summed E-state index contributed by atoms with van der Waals surface area (Å²) in [5, 5.41) is 1.53. The van der Waals surface area contributed by atoms with Crippen molar-refractivity contribution in [2.45, 2.75) is 6.92 Å². The maximum atomic E-state index is 5.95. The SMILES string of the molecule is Cc1nc(-c2cccc(Br)c2)nc2[nH]c(Cl)cc12. The highest BCUT2D eigenvalue weighted by Gasteiger charge is 2.09. The van der Waals surface area contributed by atoms with Gasteiger partial charge in [0.2, 0.25) is 0 Å². The first-order valence-corrected chi connectivity index (χ1v) is 6.59. The second kappa shape index (κ2) is 4.37. The van der Waals surface area contributed by atoms with E-state index in [9.17, 15) is 0 Å². The average Bonchev–Trinajstić information content (AvgIpc) is 2.70. The molecule has 0 saturated heterocycles. The summed E-state index contributed by atoms with van der Waals surface area (Å²) in [5.74, 6) is 0.694. The Balaban J connectivity index is 2.24. The molecular formula is C13H9BrClN3. The van der Waals surface area contributed by atoms with Crippen molar-refractivity contribution in [1.82, 2.24) is 15.0 Å². The maximum absolute atomic E-state index is 5.95. The summed E-state index contributed by atoms with van der Waals surface area (Å²) in [6, 6.07) is 9.75. The molecule has 3 nitrogen and oxygen atoms in total. The van der Waals surface area contributed by atoms with Gasteiger partial charge in [-0.25, -0.2) is 9.97 Å². The van der Waals surface area contributed by atoms with Crippen LogP contribution in [0.1, 0.15) is 5.69 Å². The topological polar surface area (TPSA) is 41.6 Å². The molecule has 0 spiro atoms. The number of H-pyrrole nitrogens is 1. The molecule has 3 rings (SSSR count). The van der Waals surface area contributed by atoms with E-state index in [-0.39, 0.29) is 0 Å². The van der Waals surface area contributed by atoms with E-state index in [1.807, 2.05) is 37.3 Å². The van der Waals surface area contributed by atoms with E-state index < -0.39 is 0 Å². The van der Waals surface area contributed by atoms with Gasteiger partial charge in [0.05, 0.1) is 5.69 Å². The van der Waals surface area contributed by atoms with Crippen molar-refractivity contribution in [2.24, 2.45) is 0 Å². The van der Waals surface area contributed by atoms with Crippen LogP contribution in [-0.4, -0.2) is 15.0 Å². The predicted octanol–water partition coefficient (Wildman–Crippen LogP) is 4.35. The molecule has 0 radical (unpaired) electrons. The van der Waals surface area contributed by atoms with Crippen LogP contribution in [0.4, 0.5) is 0 Å². The van der Waals surface area contributed by atoms with Crippen molar-refractivity contribution in [1.29, 1.82) is 0 Å². The van der Waals surface area contributed by atoms with Crippen molar-refractivity contribution >= 4 is 38.6 Å². The number of aromatic amines is 1. The number of hydrogen-bond acceptors (Lipinski definition) is 2. The molecule has 0 fully saturated rings. The predicted molar refractivity (Wildman–Crippen MR) is 76.8 cm³/mol. The lowest BCUT2D eigenvalue weighted by atomic mass is 10.2. The molecule has 0 saturated carbocycles. The van der Waals surface area contributed by atoms with Crippen molar-refractivity contribution in [2.75, 3.05) is 0 Å². The zero-order valence-corrected chi connectivity index (χ0v) is 11.9. The van der Waals surface area contributed by atoms with Crippen LogP contribution in [-0.2, 0) is 0 Å². The first kappa shape index (κ1) is 11.7. The molecule has 1 aromatic carbocycles. The lowest BCUT2D eigenvalue weighted by Gasteiger charge is -2.03. The molecule has 90 valence electrons. The van der Waals surface area contributed by atoms with Crippen LogP contribution in [0.5, 0.6) is 0 Å². The van der Waals surface area contributed by atoms with Crippen molar-refractivity contribution in [3.63, 3.8) is 0 Å². The molecule has 3 aromatic rings. The molecule has 1 N–H and O–H groups in total. The fraction of sp³-hybridized carbons (Fsp3) is 0.0769. The summed E-state index contributed by atoms with van der Waals surface area (Å²) in [6.07, 6.45) is 0. The number of rotatable bonds is 1. The number of nitrogens with zero attached hydrogens (tertiary/aromatic N) is 2. The van der Waals surface area contributed by atoms with Crippen LogP contribution >= 0.6 is 27.5 Å². The number of nitrogens with one attached hydrogen (secondary N) is 1. The van der Waals surface area contributed by atoms with E-state index in [0.717, 1.165) is 26.8 Å². The second-order valence-corrected chi connectivity index (χ2v) is 5.35. The van der Waals surface area contributed by atoms with Crippen molar-refractivity contribution < 1.29 is 0 Å². The van der Waals surface area contributed by atoms with Crippen LogP contribution in [0.25, 0.3) is 22.4 Å². The normalized spacial score (nSPS) is 11.1. The van der Waals surface area contributed by atoms with Crippen LogP contribution < -0.4 is 0 Å². The molecular weight excluding hydrogens is 314 g/mol. The van der Waals surface area contributed by atoms with E-state index >= 15 is 0 Å². The number of halogens is 2. The van der Waals surface area contributed by atoms with E-state index in [2.05, 4.69) is 30.9 Å². The van der Waals surface area contributed by atoms with Gasteiger partial charge < -0.3 is 4.98 Å². The Morgan fingerprint density at radius 2 is 2.06 bits per heavy atom. The Hall–Kier alpha value is -1.39. The third-order valence-corrected chi connectivity index (χ3v) is 3.42. The Bertz CT molecular complexity index is 736. The number of aromatic nitrogens is 3. The molecule has 0 aliphatic heterocycles. The first-order valence-electron chi connectivity index (χ1n) is 5.42. The number of aryl methyl sites for hydroxylation is 1. The Kier molecular flexibility index (Phi) is 2.84. The highest BCUT2D eigenvalue weighted by Crippen LogP contribution is 2.25. The largest absolute Gasteiger partial charge is 0.330 e. The highest BCUT2D eigenvalue weighted by atomic mass is 79.9. The minimum atomic E-state index is 0.578. The van der Waals surface area contributed by atoms with Gasteiger partial charge in [-0.1, -0.05) is 39.7 Å². The van der Waals surface area contributed by atoms with Crippen LogP contribution in [0.15, 0.2) is 34.8 Å². The lowest BCUT2D eigenvalue weighted by molar-refractivity contribution is 1.15. The molecule has 2 aromatic heterocycles. The summed E-state index contributed by atoms with van der Waals surface area (Å²) >= 11 is 9.40. The molecule has 5 heteroatoms. The zero-order chi connectivity index (χ0) is 12.7. The summed E-state index contributed by atoms with van der Waals surface area (Å²) < 4.78 is 1.01. The van der Waals surface area contributed by atoms with E-state index in [4.69, 9.17) is 11.6 Å². The molecule has 0 amide bonds. The number of benzene rings is 1. The monoisotopic (exact) mass is 321 g/mol. The van der Waals surface area contributed by atoms with Gasteiger partial charge in [-0.3, -0.25) is 0 Å². The van der Waals surface area contributed by atoms with Crippen molar-refractivity contribution in [3.8, 4) is 11.4 Å². The summed E-state index contributed by atoms with van der Waals surface area (Å²) in [6.45, 7) is 1.95. The molecule has 0 atom stereocenters. The lowest BCUT2D eigenvalue weighted by Crippen LogP contribution is -1.93. The third kappa shape index (κ3) is 2.02. The standard InChI is InChI=1S/C13H9BrClN3/c1-7-10-6-11(15)17-13(10)18-12(16-7)8-3-2-4-9(14)5-8/h2-6H,1H3,(H,16,17,18). The van der Waals surface area contributed by atoms with Gasteiger partial charge in [-0.15, -0.1) is 0 Å². The van der Waals surface area contributed by atoms with E-state index in [1.165, 1.54) is 0 Å². The molecule has 0 aliphatic rings. The smallest absolute Gasteiger partial charge is 0.161 e. The minimum Gasteiger partial charge on any atom is -0.330 e. The summed E-state index contributed by atoms with van der Waals surface area (Å²) in [4.78, 5) is 12.0. The van der Waals surface area contributed by atoms with Gasteiger partial charge >= 0.3 is 0 Å². The van der Waals surface area contributed by atoms with Gasteiger partial charge in [-0.2, -0.15) is 0 Å². The van der Waals surface area contributed by atoms with E-state index in [0.29, 0.717) is 11.0 Å². The molecule has 2 heterocycles. The summed E-state index contributed by atoms with van der Waals surface area (Å²) in [5.41, 5.74) is 2.65. The van der Waals surface area contributed by atoms with E-state index in [1.54, 1.807) is 0 Å². The average molecular weight is 323 g/mol. The Morgan fingerprint density at radius 1 is 1.22 bits per heavy atom. The van der Waals surface area contributed by atoms with Crippen LogP contribution in [0, 0.1) is 6.92 Å². The Morgan fingerprint density at radius 3 is 2.83 bits per heavy atom. The van der Waals surface area contributed by atoms with Gasteiger partial charge in [0.15, 0.2) is 5.82 Å². The fourth-order valence-corrected chi connectivity index (χ4v) is 2.48. The molecule has 0 aliphatic carbocycles. The first-order chi connectivity index (χ1) is 8.63. The van der Waals surface area contributed by atoms with Gasteiger partial charge in [-0.05, 0) is 25.1 Å². The quantitative estimate of drug-likeness (QED) is 0.723. The van der Waals surface area contributed by atoms with Crippen molar-refractivity contribution in [3.05, 3.63) is 45.7 Å². The van der Waals surface area contributed by atoms with Crippen LogP contribution in [0.2, 0.25) is 5.15 Å². The minimum absolute atomic E-state index is 0.578. The van der Waals surface area contributed by atoms with Gasteiger partial charge in [0.1, 0.15) is 10.8 Å². The number of hydrogen-bond donors (Lipinski definition) is 1. The summed E-state index contributed by atoms with van der Waals surface area (Å²) in [7, 11) is 0.